The van der Waals surface area contributed by atoms with Crippen LogP contribution in [0.4, 0.5) is 0 Å². The molecule has 5 aromatic carbocycles. The number of hydrogen-bond donors (Lipinski definition) is 2. The molecule has 0 radical (unpaired) electrons. The van der Waals surface area contributed by atoms with E-state index in [9.17, 15) is 23.1 Å². The summed E-state index contributed by atoms with van der Waals surface area (Å²) in [6, 6.07) is 30.6. The summed E-state index contributed by atoms with van der Waals surface area (Å²) in [5.41, 5.74) is 2.10. The lowest BCUT2D eigenvalue weighted by Crippen LogP contribution is -2.13. The Balaban J connectivity index is 1.41. The first-order valence-corrected chi connectivity index (χ1v) is 13.5. The van der Waals surface area contributed by atoms with E-state index in [4.69, 9.17) is 9.88 Å². The normalized spacial score (nSPS) is 11.3. The molecular weight excluding hydrogens is 514 g/mol. The maximum atomic E-state index is 13.2. The summed E-state index contributed by atoms with van der Waals surface area (Å²) in [5, 5.41) is 16.7. The van der Waals surface area contributed by atoms with Crippen molar-refractivity contribution < 1.29 is 27.9 Å². The van der Waals surface area contributed by atoms with E-state index in [1.807, 2.05) is 24.3 Å². The number of carboxylic acids is 1. The summed E-state index contributed by atoms with van der Waals surface area (Å²) < 4.78 is 30.0. The van der Waals surface area contributed by atoms with E-state index in [-0.39, 0.29) is 28.4 Å². The third-order valence-electron chi connectivity index (χ3n) is 6.33. The number of carbonyl (C=O) groups excluding carboxylic acids is 1. The van der Waals surface area contributed by atoms with Crippen molar-refractivity contribution in [3.8, 4) is 22.6 Å². The van der Waals surface area contributed by atoms with Crippen LogP contribution in [0, 0.1) is 0 Å². The van der Waals surface area contributed by atoms with Crippen LogP contribution in [-0.2, 0) is 16.4 Å². The largest absolute Gasteiger partial charge is 0.478 e. The quantitative estimate of drug-likeness (QED) is 0.232. The fourth-order valence-electron chi connectivity index (χ4n) is 4.40. The molecule has 5 rings (SSSR count). The van der Waals surface area contributed by atoms with Crippen LogP contribution in [0.5, 0.6) is 11.5 Å². The number of sulfonamides is 1. The number of ether oxygens (including phenoxy) is 1. The van der Waals surface area contributed by atoms with Gasteiger partial charge in [0.1, 0.15) is 17.1 Å². The maximum Gasteiger partial charge on any atom is 0.339 e. The molecule has 0 amide bonds. The van der Waals surface area contributed by atoms with Gasteiger partial charge < -0.3 is 9.84 Å². The highest BCUT2D eigenvalue weighted by molar-refractivity contribution is 7.89. The molecule has 194 valence electrons. The zero-order chi connectivity index (χ0) is 27.6. The van der Waals surface area contributed by atoms with Gasteiger partial charge in [-0.25, -0.2) is 18.4 Å². The predicted molar refractivity (Wildman–Crippen MR) is 149 cm³/mol. The van der Waals surface area contributed by atoms with Crippen molar-refractivity contribution in [3.63, 3.8) is 0 Å². The van der Waals surface area contributed by atoms with Gasteiger partial charge in [-0.2, -0.15) is 0 Å². The van der Waals surface area contributed by atoms with Crippen molar-refractivity contribution in [2.45, 2.75) is 11.3 Å². The zero-order valence-corrected chi connectivity index (χ0v) is 21.4. The average Bonchev–Trinajstić information content (AvgIpc) is 2.93. The van der Waals surface area contributed by atoms with Crippen molar-refractivity contribution in [3.05, 3.63) is 126 Å². The second-order valence-corrected chi connectivity index (χ2v) is 10.5. The summed E-state index contributed by atoms with van der Waals surface area (Å²) in [7, 11) is -3.92. The van der Waals surface area contributed by atoms with E-state index < -0.39 is 16.0 Å². The molecule has 39 heavy (non-hydrogen) atoms. The lowest BCUT2D eigenvalue weighted by Gasteiger charge is -2.14. The van der Waals surface area contributed by atoms with Crippen LogP contribution in [0.1, 0.15) is 26.3 Å². The van der Waals surface area contributed by atoms with E-state index in [1.165, 1.54) is 6.07 Å². The first-order chi connectivity index (χ1) is 18.7. The lowest BCUT2D eigenvalue weighted by atomic mass is 9.99. The van der Waals surface area contributed by atoms with Crippen LogP contribution in [-0.4, -0.2) is 25.3 Å². The molecule has 0 saturated heterocycles. The fourth-order valence-corrected chi connectivity index (χ4v) is 5.16. The fraction of sp³-hybridized carbons (Fsp3) is 0.0323. The van der Waals surface area contributed by atoms with Crippen LogP contribution >= 0.6 is 0 Å². The highest BCUT2D eigenvalue weighted by atomic mass is 32.2. The number of aromatic carboxylic acids is 1. The second kappa shape index (κ2) is 10.5. The SMILES string of the molecule is NS(=O)(=O)c1ccccc1-c1ccc(C(=O)Cc2ccccc2Oc2cc3ccccc3cc2C(=O)O)cc1. The van der Waals surface area contributed by atoms with Crippen molar-refractivity contribution >= 4 is 32.5 Å². The van der Waals surface area contributed by atoms with E-state index in [1.54, 1.807) is 78.9 Å². The van der Waals surface area contributed by atoms with Gasteiger partial charge in [0, 0.05) is 23.1 Å². The Morgan fingerprint density at radius 1 is 0.744 bits per heavy atom. The summed E-state index contributed by atoms with van der Waals surface area (Å²) in [6.45, 7) is 0. The number of carboxylic acid groups (broad SMARTS) is 1. The third kappa shape index (κ3) is 5.57. The molecular formula is C31H23NO6S. The number of para-hydroxylation sites is 1. The molecule has 3 N–H and O–H groups in total. The Hall–Kier alpha value is -4.79. The highest BCUT2D eigenvalue weighted by Gasteiger charge is 2.18. The Morgan fingerprint density at radius 3 is 2.05 bits per heavy atom. The number of ketones is 1. The van der Waals surface area contributed by atoms with Crippen LogP contribution in [0.2, 0.25) is 0 Å². The van der Waals surface area contributed by atoms with Gasteiger partial charge >= 0.3 is 5.97 Å². The lowest BCUT2D eigenvalue weighted by molar-refractivity contribution is 0.0694. The molecule has 8 heteroatoms. The number of benzene rings is 5. The van der Waals surface area contributed by atoms with Gasteiger partial charge in [-0.3, -0.25) is 4.79 Å². The van der Waals surface area contributed by atoms with Gasteiger partial charge in [-0.05, 0) is 40.6 Å². The number of hydrogen-bond acceptors (Lipinski definition) is 5. The maximum absolute atomic E-state index is 13.2. The summed E-state index contributed by atoms with van der Waals surface area (Å²) in [5.74, 6) is -0.746. The molecule has 0 atom stereocenters. The molecule has 5 aromatic rings. The monoisotopic (exact) mass is 537 g/mol. The molecule has 0 fully saturated rings. The number of rotatable bonds is 8. The van der Waals surface area contributed by atoms with Crippen LogP contribution in [0.25, 0.3) is 21.9 Å². The number of primary sulfonamides is 1. The van der Waals surface area contributed by atoms with Gasteiger partial charge in [0.25, 0.3) is 0 Å². The van der Waals surface area contributed by atoms with E-state index >= 15 is 0 Å². The van der Waals surface area contributed by atoms with Gasteiger partial charge in [0.2, 0.25) is 10.0 Å². The van der Waals surface area contributed by atoms with Crippen molar-refractivity contribution in [2.24, 2.45) is 5.14 Å². The zero-order valence-electron chi connectivity index (χ0n) is 20.6. The standard InChI is InChI=1S/C31H23NO6S/c32-39(36,37)30-12-6-4-10-25(30)20-13-15-21(16-14-20)27(33)18-24-9-3-5-11-28(24)38-29-19-23-8-2-1-7-22(23)17-26(29)31(34)35/h1-17,19H,18H2,(H,34,35)(H2,32,36,37). The topological polar surface area (TPSA) is 124 Å². The predicted octanol–water partition coefficient (Wildman–Crippen LogP) is 6.07. The smallest absolute Gasteiger partial charge is 0.339 e. The number of carbonyl (C=O) groups is 2. The van der Waals surface area contributed by atoms with Crippen LogP contribution in [0.3, 0.4) is 0 Å². The highest BCUT2D eigenvalue weighted by Crippen LogP contribution is 2.33. The molecule has 0 aliphatic heterocycles. The minimum atomic E-state index is -3.92. The molecule has 0 bridgehead atoms. The average molecular weight is 538 g/mol. The third-order valence-corrected chi connectivity index (χ3v) is 7.30. The molecule has 0 spiro atoms. The molecule has 0 heterocycles. The number of nitrogens with two attached hydrogens (primary N) is 1. The first-order valence-electron chi connectivity index (χ1n) is 12.0. The Kier molecular flexibility index (Phi) is 6.98. The molecule has 0 unspecified atom stereocenters. The van der Waals surface area contributed by atoms with E-state index in [0.717, 1.165) is 10.8 Å². The van der Waals surface area contributed by atoms with Crippen LogP contribution < -0.4 is 9.88 Å². The minimum absolute atomic E-state index is 0.00423. The molecule has 0 saturated carbocycles. The summed E-state index contributed by atoms with van der Waals surface area (Å²) >= 11 is 0. The van der Waals surface area contributed by atoms with Gasteiger partial charge in [0.15, 0.2) is 5.78 Å². The Bertz CT molecular complexity index is 1830. The van der Waals surface area contributed by atoms with Gasteiger partial charge in [0.05, 0.1) is 4.90 Å². The minimum Gasteiger partial charge on any atom is -0.478 e. The number of fused-ring (bicyclic) bond motifs is 1. The second-order valence-electron chi connectivity index (χ2n) is 8.93. The van der Waals surface area contributed by atoms with E-state index in [0.29, 0.717) is 28.0 Å². The van der Waals surface area contributed by atoms with Crippen LogP contribution in [0.15, 0.2) is 114 Å². The molecule has 0 aliphatic carbocycles. The van der Waals surface area contributed by atoms with Gasteiger partial charge in [-0.15, -0.1) is 0 Å². The van der Waals surface area contributed by atoms with E-state index in [2.05, 4.69) is 0 Å². The number of Topliss-reactive ketones (excluding diaryl/α,β-unsaturated/α-hetero) is 1. The summed E-state index contributed by atoms with van der Waals surface area (Å²) in [6.07, 6.45) is 0.0132. The molecule has 7 nitrogen and oxygen atoms in total. The summed E-state index contributed by atoms with van der Waals surface area (Å²) in [4.78, 5) is 25.1. The first kappa shape index (κ1) is 25.8. The molecule has 0 aromatic heterocycles. The Labute approximate surface area is 225 Å². The molecule has 0 aliphatic rings. The Morgan fingerprint density at radius 2 is 1.36 bits per heavy atom. The van der Waals surface area contributed by atoms with Crippen molar-refractivity contribution in [1.29, 1.82) is 0 Å². The van der Waals surface area contributed by atoms with Gasteiger partial charge in [-0.1, -0.05) is 84.9 Å². The van der Waals surface area contributed by atoms with Crippen molar-refractivity contribution in [2.75, 3.05) is 0 Å². The van der Waals surface area contributed by atoms with Crippen molar-refractivity contribution in [1.82, 2.24) is 0 Å².